The van der Waals surface area contributed by atoms with Crippen molar-refractivity contribution in [3.8, 4) is 0 Å². The summed E-state index contributed by atoms with van der Waals surface area (Å²) in [4.78, 5) is -2.47. The van der Waals surface area contributed by atoms with Crippen LogP contribution >= 0.6 is 0 Å². The second-order valence-corrected chi connectivity index (χ2v) is 5.63. The molecule has 0 N–H and O–H groups in total. The predicted molar refractivity (Wildman–Crippen MR) is 46.8 cm³/mol. The molecule has 0 aliphatic heterocycles. The summed E-state index contributed by atoms with van der Waals surface area (Å²) in [5.41, 5.74) is -5.70. The van der Waals surface area contributed by atoms with Crippen LogP contribution in [0.4, 0.5) is 17.6 Å². The summed E-state index contributed by atoms with van der Waals surface area (Å²) < 4.78 is 92.0. The first kappa shape index (κ1) is 14.1. The zero-order chi connectivity index (χ0) is 13.4. The van der Waals surface area contributed by atoms with Gasteiger partial charge in [-0.1, -0.05) is 0 Å². The van der Waals surface area contributed by atoms with Gasteiger partial charge in [-0.25, -0.2) is 12.8 Å². The Morgan fingerprint density at radius 3 is 2.18 bits per heavy atom. The van der Waals surface area contributed by atoms with Crippen molar-refractivity contribution in [1.29, 1.82) is 0 Å². The van der Waals surface area contributed by atoms with Crippen LogP contribution in [-0.2, 0) is 20.9 Å². The molecule has 17 heavy (non-hydrogen) atoms. The van der Waals surface area contributed by atoms with Gasteiger partial charge in [-0.15, -0.1) is 0 Å². The Balaban J connectivity index is 3.52. The molecule has 4 nitrogen and oxygen atoms in total. The zero-order valence-corrected chi connectivity index (χ0v) is 9.33. The maximum absolute atomic E-state index is 13.0. The lowest BCUT2D eigenvalue weighted by Gasteiger charge is -2.11. The fraction of sp³-hybridized carbons (Fsp3) is 0.143. The van der Waals surface area contributed by atoms with Gasteiger partial charge in [0, 0.05) is 4.90 Å². The van der Waals surface area contributed by atoms with Gasteiger partial charge in [-0.3, -0.25) is 4.21 Å². The van der Waals surface area contributed by atoms with Crippen LogP contribution in [0.3, 0.4) is 0 Å². The van der Waals surface area contributed by atoms with E-state index < -0.39 is 42.0 Å². The van der Waals surface area contributed by atoms with Gasteiger partial charge in [0.2, 0.25) is 0 Å². The molecule has 1 atom stereocenters. The molecule has 0 saturated heterocycles. The summed E-state index contributed by atoms with van der Waals surface area (Å²) in [6.07, 6.45) is 0. The second-order valence-electron chi connectivity index (χ2n) is 2.78. The zero-order valence-electron chi connectivity index (χ0n) is 7.69. The van der Waals surface area contributed by atoms with Crippen LogP contribution in [0.25, 0.3) is 0 Å². The van der Waals surface area contributed by atoms with Crippen molar-refractivity contribution in [2.45, 2.75) is 15.3 Å². The van der Waals surface area contributed by atoms with Crippen LogP contribution in [0, 0.1) is 5.82 Å². The maximum atomic E-state index is 13.0. The summed E-state index contributed by atoms with van der Waals surface area (Å²) >= 11 is -2.96. The lowest BCUT2D eigenvalue weighted by molar-refractivity contribution is -0.0437. The van der Waals surface area contributed by atoms with Crippen molar-refractivity contribution in [3.63, 3.8) is 0 Å². The van der Waals surface area contributed by atoms with E-state index in [1.54, 1.807) is 0 Å². The number of hydrogen-bond donors (Lipinski definition) is 0. The van der Waals surface area contributed by atoms with E-state index in [2.05, 4.69) is 0 Å². The molecule has 1 aromatic carbocycles. The average Bonchev–Trinajstić information content (AvgIpc) is 2.15. The van der Waals surface area contributed by atoms with E-state index in [1.165, 1.54) is 0 Å². The molecule has 0 heterocycles. The molecule has 96 valence electrons. The SMILES string of the molecule is O=S([O-])c1ccc(F)c(S(=O)(=O)C(F)(F)F)c1. The van der Waals surface area contributed by atoms with Gasteiger partial charge in [0.05, 0.1) is 0 Å². The van der Waals surface area contributed by atoms with E-state index in [1.807, 2.05) is 0 Å². The van der Waals surface area contributed by atoms with Crippen LogP contribution in [0.15, 0.2) is 28.0 Å². The molecule has 0 spiro atoms. The average molecular weight is 291 g/mol. The number of hydrogen-bond acceptors (Lipinski definition) is 4. The minimum atomic E-state index is -5.91. The fourth-order valence-corrected chi connectivity index (χ4v) is 2.24. The second kappa shape index (κ2) is 4.35. The van der Waals surface area contributed by atoms with Gasteiger partial charge in [-0.2, -0.15) is 13.2 Å². The summed E-state index contributed by atoms with van der Waals surface area (Å²) in [7, 11) is -5.91. The van der Waals surface area contributed by atoms with E-state index in [9.17, 15) is 34.7 Å². The standard InChI is InChI=1S/C7H4F4O4S2/c8-5-2-1-4(16(12)13)3-6(5)17(14,15)7(9,10)11/h1-3H,(H,12,13)/p-1. The molecule has 0 aromatic heterocycles. The number of benzene rings is 1. The molecule has 0 saturated carbocycles. The molecule has 0 aliphatic carbocycles. The van der Waals surface area contributed by atoms with Crippen molar-refractivity contribution in [2.24, 2.45) is 0 Å². The molecule has 1 aromatic rings. The summed E-state index contributed by atoms with van der Waals surface area (Å²) in [6.45, 7) is 0. The first-order valence-corrected chi connectivity index (χ1v) is 6.33. The van der Waals surface area contributed by atoms with E-state index in [0.717, 1.165) is 0 Å². The van der Waals surface area contributed by atoms with Crippen LogP contribution in [0.5, 0.6) is 0 Å². The van der Waals surface area contributed by atoms with Gasteiger partial charge in [0.15, 0.2) is 0 Å². The molecule has 0 bridgehead atoms. The molecule has 0 aliphatic rings. The lowest BCUT2D eigenvalue weighted by atomic mass is 10.3. The number of rotatable bonds is 2. The Labute approximate surface area is 95.5 Å². The predicted octanol–water partition coefficient (Wildman–Crippen LogP) is 1.36. The molecule has 1 rings (SSSR count). The normalized spacial score (nSPS) is 14.6. The number of halogens is 4. The van der Waals surface area contributed by atoms with E-state index in [0.29, 0.717) is 12.1 Å². The highest BCUT2D eigenvalue weighted by Gasteiger charge is 2.48. The van der Waals surface area contributed by atoms with Crippen molar-refractivity contribution >= 4 is 20.9 Å². The van der Waals surface area contributed by atoms with Crippen molar-refractivity contribution < 1.29 is 34.7 Å². The molecule has 0 fully saturated rings. The molecule has 0 amide bonds. The lowest BCUT2D eigenvalue weighted by Crippen LogP contribution is -2.24. The summed E-state index contributed by atoms with van der Waals surface area (Å²) in [5, 5.41) is 0. The van der Waals surface area contributed by atoms with Crippen LogP contribution in [0.2, 0.25) is 0 Å². The van der Waals surface area contributed by atoms with Crippen molar-refractivity contribution in [1.82, 2.24) is 0 Å². The van der Waals surface area contributed by atoms with E-state index in [4.69, 9.17) is 0 Å². The first-order valence-electron chi connectivity index (χ1n) is 3.77. The van der Waals surface area contributed by atoms with Gasteiger partial charge < -0.3 is 4.55 Å². The van der Waals surface area contributed by atoms with E-state index >= 15 is 0 Å². The fourth-order valence-electron chi connectivity index (χ4n) is 0.918. The molecule has 10 heteroatoms. The Morgan fingerprint density at radius 1 is 1.24 bits per heavy atom. The van der Waals surface area contributed by atoms with Crippen molar-refractivity contribution in [3.05, 3.63) is 24.0 Å². The quantitative estimate of drug-likeness (QED) is 0.609. The molecule has 1 unspecified atom stereocenters. The smallest absolute Gasteiger partial charge is 0.502 e. The van der Waals surface area contributed by atoms with Gasteiger partial charge in [-0.05, 0) is 29.3 Å². The molecular formula is C7H3F4O4S2-. The summed E-state index contributed by atoms with van der Waals surface area (Å²) in [6, 6.07) is 1.10. The van der Waals surface area contributed by atoms with Gasteiger partial charge in [0.1, 0.15) is 10.7 Å². The van der Waals surface area contributed by atoms with E-state index in [-0.39, 0.29) is 6.07 Å². The largest absolute Gasteiger partial charge is 0.768 e. The van der Waals surface area contributed by atoms with Crippen LogP contribution in [-0.4, -0.2) is 22.7 Å². The molecular weight excluding hydrogens is 288 g/mol. The Hall–Kier alpha value is -1.00. The molecule has 0 radical (unpaired) electrons. The van der Waals surface area contributed by atoms with Crippen molar-refractivity contribution in [2.75, 3.05) is 0 Å². The van der Waals surface area contributed by atoms with Gasteiger partial charge >= 0.3 is 5.51 Å². The summed E-state index contributed by atoms with van der Waals surface area (Å²) in [5.74, 6) is -1.67. The van der Waals surface area contributed by atoms with Crippen LogP contribution in [0.1, 0.15) is 0 Å². The third-order valence-corrected chi connectivity index (χ3v) is 3.83. The minimum absolute atomic E-state index is 0.112. The monoisotopic (exact) mass is 291 g/mol. The third-order valence-electron chi connectivity index (χ3n) is 1.69. The Morgan fingerprint density at radius 2 is 1.76 bits per heavy atom. The maximum Gasteiger partial charge on any atom is 0.502 e. The minimum Gasteiger partial charge on any atom is -0.768 e. The Bertz CT molecular complexity index is 564. The topological polar surface area (TPSA) is 74.3 Å². The number of sulfone groups is 1. The highest BCUT2D eigenvalue weighted by Crippen LogP contribution is 2.32. The first-order chi connectivity index (χ1) is 7.57. The van der Waals surface area contributed by atoms with Crippen LogP contribution < -0.4 is 0 Å². The number of alkyl halides is 3. The highest BCUT2D eigenvalue weighted by molar-refractivity contribution is 7.92. The van der Waals surface area contributed by atoms with Gasteiger partial charge in [0.25, 0.3) is 9.84 Å². The highest BCUT2D eigenvalue weighted by atomic mass is 32.2. The Kier molecular flexibility index (Phi) is 3.60. The third kappa shape index (κ3) is 2.64.